The Bertz CT molecular complexity index is 953. The van der Waals surface area contributed by atoms with Crippen LogP contribution >= 0.6 is 11.8 Å². The van der Waals surface area contributed by atoms with Crippen molar-refractivity contribution in [3.05, 3.63) is 0 Å². The molecule has 1 rings (SSSR count). The van der Waals surface area contributed by atoms with Gasteiger partial charge in [-0.3, -0.25) is 33.7 Å². The number of ketones is 2. The van der Waals surface area contributed by atoms with Gasteiger partial charge in [0.25, 0.3) is 0 Å². The second-order valence-electron chi connectivity index (χ2n) is 13.0. The van der Waals surface area contributed by atoms with E-state index in [1.165, 1.54) is 16.7 Å². The zero-order valence-corrected chi connectivity index (χ0v) is 27.0. The fourth-order valence-electron chi connectivity index (χ4n) is 3.87. The number of nitrogens with zero attached hydrogens (tertiary/aromatic N) is 4. The van der Waals surface area contributed by atoms with Crippen molar-refractivity contribution >= 4 is 47.0 Å². The quantitative estimate of drug-likeness (QED) is 0.214. The standard InChI is InChI=1S/C29H50N4O6S/c1-28(2,3)22(34)17-20(26(38)31(9)15-14-30(7)8)32(10)24(36)13-11-12-16-40-21-18-25(37)33(27(21)39)19-23(35)29(4,5)6/h20-21H,11-19H2,1-10H3. The molecule has 0 spiro atoms. The van der Waals surface area contributed by atoms with Crippen LogP contribution in [0.5, 0.6) is 0 Å². The van der Waals surface area contributed by atoms with Crippen molar-refractivity contribution < 1.29 is 28.8 Å². The van der Waals surface area contributed by atoms with E-state index in [0.29, 0.717) is 31.7 Å². The highest BCUT2D eigenvalue weighted by Gasteiger charge is 2.41. The minimum atomic E-state index is -0.871. The zero-order valence-electron chi connectivity index (χ0n) is 26.2. The Kier molecular flexibility index (Phi) is 13.5. The number of unbranched alkanes of at least 4 members (excludes halogenated alkanes) is 1. The van der Waals surface area contributed by atoms with E-state index in [1.807, 2.05) is 19.0 Å². The molecule has 1 aliphatic rings. The maximum atomic E-state index is 13.3. The number of rotatable bonds is 15. The number of hydrogen-bond acceptors (Lipinski definition) is 8. The lowest BCUT2D eigenvalue weighted by atomic mass is 9.86. The van der Waals surface area contributed by atoms with Crippen molar-refractivity contribution in [3.8, 4) is 0 Å². The molecule has 0 aromatic carbocycles. The molecule has 1 aliphatic heterocycles. The van der Waals surface area contributed by atoms with E-state index >= 15 is 0 Å². The molecule has 1 fully saturated rings. The third kappa shape index (κ3) is 11.0. The summed E-state index contributed by atoms with van der Waals surface area (Å²) >= 11 is 1.37. The minimum Gasteiger partial charge on any atom is -0.343 e. The van der Waals surface area contributed by atoms with Gasteiger partial charge in [0.2, 0.25) is 23.6 Å². The van der Waals surface area contributed by atoms with Crippen molar-refractivity contribution in [1.82, 2.24) is 19.6 Å². The van der Waals surface area contributed by atoms with E-state index in [1.54, 1.807) is 60.5 Å². The van der Waals surface area contributed by atoms with Crippen LogP contribution < -0.4 is 0 Å². The average molecular weight is 583 g/mol. The summed E-state index contributed by atoms with van der Waals surface area (Å²) in [6.07, 6.45) is 1.43. The second kappa shape index (κ2) is 15.1. The van der Waals surface area contributed by atoms with Crippen molar-refractivity contribution in [2.45, 2.75) is 84.9 Å². The Labute approximate surface area is 244 Å². The summed E-state index contributed by atoms with van der Waals surface area (Å²) in [7, 11) is 7.09. The highest BCUT2D eigenvalue weighted by molar-refractivity contribution is 8.00. The molecule has 10 nitrogen and oxygen atoms in total. The molecule has 2 atom stereocenters. The maximum absolute atomic E-state index is 13.3. The average Bonchev–Trinajstić information content (AvgIpc) is 3.10. The SMILES string of the molecule is CN(C)CCN(C)C(=O)C(CC(=O)C(C)(C)C)N(C)C(=O)CCCCSC1CC(=O)N(CC(=O)C(C)(C)C)C1=O. The molecule has 0 aromatic heterocycles. The zero-order chi connectivity index (χ0) is 31.0. The van der Waals surface area contributed by atoms with Crippen molar-refractivity contribution in [3.63, 3.8) is 0 Å². The molecular formula is C29H50N4O6S. The number of amides is 4. The summed E-state index contributed by atoms with van der Waals surface area (Å²) in [6, 6.07) is -0.871. The van der Waals surface area contributed by atoms with E-state index in [-0.39, 0.29) is 61.0 Å². The van der Waals surface area contributed by atoms with Gasteiger partial charge in [-0.1, -0.05) is 41.5 Å². The van der Waals surface area contributed by atoms with Crippen molar-refractivity contribution in [2.24, 2.45) is 10.8 Å². The first-order chi connectivity index (χ1) is 18.3. The monoisotopic (exact) mass is 582 g/mol. The fourth-order valence-corrected chi connectivity index (χ4v) is 5.06. The molecule has 11 heteroatoms. The molecule has 2 unspecified atom stereocenters. The molecule has 0 bridgehead atoms. The maximum Gasteiger partial charge on any atom is 0.245 e. The van der Waals surface area contributed by atoms with Crippen LogP contribution in [0.2, 0.25) is 0 Å². The van der Waals surface area contributed by atoms with E-state index < -0.39 is 22.1 Å². The first kappa shape index (κ1) is 35.8. The lowest BCUT2D eigenvalue weighted by Gasteiger charge is -2.32. The smallest absolute Gasteiger partial charge is 0.245 e. The number of carbonyl (C=O) groups is 6. The van der Waals surface area contributed by atoms with Gasteiger partial charge >= 0.3 is 0 Å². The Balaban J connectivity index is 2.67. The number of likely N-dealkylation sites (tertiary alicyclic amines) is 1. The number of likely N-dealkylation sites (N-methyl/N-ethyl adjacent to an activating group) is 3. The summed E-state index contributed by atoms with van der Waals surface area (Å²) in [6.45, 7) is 11.6. The summed E-state index contributed by atoms with van der Waals surface area (Å²) in [4.78, 5) is 82.4. The highest BCUT2D eigenvalue weighted by atomic mass is 32.2. The van der Waals surface area contributed by atoms with Crippen LogP contribution in [0.25, 0.3) is 0 Å². The molecular weight excluding hydrogens is 532 g/mol. The van der Waals surface area contributed by atoms with Crippen LogP contribution in [0.4, 0.5) is 0 Å². The Hall–Kier alpha value is -2.27. The van der Waals surface area contributed by atoms with Crippen LogP contribution in [0.15, 0.2) is 0 Å². The highest BCUT2D eigenvalue weighted by Crippen LogP contribution is 2.27. The van der Waals surface area contributed by atoms with E-state index in [9.17, 15) is 28.8 Å². The predicted molar refractivity (Wildman–Crippen MR) is 158 cm³/mol. The molecule has 40 heavy (non-hydrogen) atoms. The van der Waals surface area contributed by atoms with Gasteiger partial charge in [-0.2, -0.15) is 0 Å². The van der Waals surface area contributed by atoms with Crippen LogP contribution in [-0.2, 0) is 28.8 Å². The number of hydrogen-bond donors (Lipinski definition) is 0. The van der Waals surface area contributed by atoms with Gasteiger partial charge in [0.05, 0.1) is 11.8 Å². The van der Waals surface area contributed by atoms with Gasteiger partial charge in [0.1, 0.15) is 11.8 Å². The molecule has 4 amide bonds. The lowest BCUT2D eigenvalue weighted by Crippen LogP contribution is -2.51. The number of carbonyl (C=O) groups excluding carboxylic acids is 6. The largest absolute Gasteiger partial charge is 0.343 e. The summed E-state index contributed by atoms with van der Waals surface area (Å²) < 4.78 is 0. The van der Waals surface area contributed by atoms with Crippen molar-refractivity contribution in [2.75, 3.05) is 53.6 Å². The fraction of sp³-hybridized carbons (Fsp3) is 0.793. The Morgan fingerprint density at radius 2 is 1.48 bits per heavy atom. The first-order valence-electron chi connectivity index (χ1n) is 13.9. The third-order valence-electron chi connectivity index (χ3n) is 7.06. The third-order valence-corrected chi connectivity index (χ3v) is 8.36. The molecule has 0 saturated carbocycles. The molecule has 228 valence electrons. The van der Waals surface area contributed by atoms with Crippen LogP contribution in [-0.4, -0.2) is 120 Å². The normalized spacial score (nSPS) is 16.9. The first-order valence-corrected chi connectivity index (χ1v) is 15.0. The molecule has 0 aliphatic carbocycles. The topological polar surface area (TPSA) is 115 Å². The summed E-state index contributed by atoms with van der Waals surface area (Å²) in [5, 5.41) is -0.512. The minimum absolute atomic E-state index is 0.0429. The number of imide groups is 1. The van der Waals surface area contributed by atoms with Gasteiger partial charge in [0, 0.05) is 57.3 Å². The van der Waals surface area contributed by atoms with E-state index in [4.69, 9.17) is 0 Å². The van der Waals surface area contributed by atoms with Gasteiger partial charge < -0.3 is 14.7 Å². The lowest BCUT2D eigenvalue weighted by molar-refractivity contribution is -0.146. The van der Waals surface area contributed by atoms with Gasteiger partial charge in [-0.15, -0.1) is 11.8 Å². The van der Waals surface area contributed by atoms with Crippen LogP contribution in [0.3, 0.4) is 0 Å². The molecule has 1 saturated heterocycles. The molecule has 0 aromatic rings. The second-order valence-corrected chi connectivity index (χ2v) is 14.3. The van der Waals surface area contributed by atoms with Crippen molar-refractivity contribution in [1.29, 1.82) is 0 Å². The molecule has 1 heterocycles. The van der Waals surface area contributed by atoms with Crippen LogP contribution in [0, 0.1) is 10.8 Å². The number of Topliss-reactive ketones (excluding diaryl/α,β-unsaturated/α-hetero) is 2. The molecule has 0 N–H and O–H groups in total. The predicted octanol–water partition coefficient (Wildman–Crippen LogP) is 2.48. The summed E-state index contributed by atoms with van der Waals surface area (Å²) in [5.74, 6) is -0.793. The van der Waals surface area contributed by atoms with E-state index in [0.717, 1.165) is 4.90 Å². The van der Waals surface area contributed by atoms with Gasteiger partial charge in [-0.05, 0) is 32.7 Å². The Morgan fingerprint density at radius 1 is 0.900 bits per heavy atom. The Morgan fingerprint density at radius 3 is 2.00 bits per heavy atom. The van der Waals surface area contributed by atoms with E-state index in [2.05, 4.69) is 0 Å². The van der Waals surface area contributed by atoms with Crippen LogP contribution in [0.1, 0.15) is 73.6 Å². The summed E-state index contributed by atoms with van der Waals surface area (Å²) in [5.41, 5.74) is -1.26. The van der Waals surface area contributed by atoms with Gasteiger partial charge in [-0.25, -0.2) is 0 Å². The molecule has 0 radical (unpaired) electrons. The number of thioether (sulfide) groups is 1. The van der Waals surface area contributed by atoms with Gasteiger partial charge in [0.15, 0.2) is 5.78 Å².